The molecular formula is C9H9N7O. The molecule has 3 heterocycles. The Kier molecular flexibility index (Phi) is 2.18. The fraction of sp³-hybridized carbons (Fsp3) is 0.222. The van der Waals surface area contributed by atoms with Crippen LogP contribution in [-0.4, -0.2) is 30.4 Å². The third-order valence-corrected chi connectivity index (χ3v) is 2.19. The first-order valence-corrected chi connectivity index (χ1v) is 5.03. The minimum absolute atomic E-state index is 0.515. The number of hydrogen-bond donors (Lipinski definition) is 1. The molecule has 0 fully saturated rings. The van der Waals surface area contributed by atoms with Gasteiger partial charge in [-0.25, -0.2) is 0 Å². The Balaban J connectivity index is 1.76. The number of fused-ring (bicyclic) bond motifs is 1. The molecule has 0 amide bonds. The molecule has 0 aliphatic carbocycles. The van der Waals surface area contributed by atoms with Crippen LogP contribution in [0, 0.1) is 6.92 Å². The monoisotopic (exact) mass is 231 g/mol. The molecule has 8 nitrogen and oxygen atoms in total. The second-order valence-corrected chi connectivity index (χ2v) is 3.53. The summed E-state index contributed by atoms with van der Waals surface area (Å²) in [7, 11) is 0. The first kappa shape index (κ1) is 9.70. The minimum Gasteiger partial charge on any atom is -0.361 e. The van der Waals surface area contributed by atoms with E-state index in [9.17, 15) is 0 Å². The van der Waals surface area contributed by atoms with E-state index in [1.165, 1.54) is 4.63 Å². The molecule has 8 heteroatoms. The van der Waals surface area contributed by atoms with E-state index < -0.39 is 0 Å². The first-order valence-electron chi connectivity index (χ1n) is 5.03. The zero-order valence-corrected chi connectivity index (χ0v) is 9.03. The van der Waals surface area contributed by atoms with Crippen LogP contribution in [0.15, 0.2) is 22.7 Å². The van der Waals surface area contributed by atoms with Crippen molar-refractivity contribution in [2.45, 2.75) is 13.5 Å². The Morgan fingerprint density at radius 1 is 1.41 bits per heavy atom. The third kappa shape index (κ3) is 1.92. The predicted molar refractivity (Wildman–Crippen MR) is 57.1 cm³/mol. The summed E-state index contributed by atoms with van der Waals surface area (Å²) in [4.78, 5) is 0. The second kappa shape index (κ2) is 3.81. The molecule has 0 saturated heterocycles. The Bertz CT molecular complexity index is 643. The van der Waals surface area contributed by atoms with Gasteiger partial charge in [-0.1, -0.05) is 5.16 Å². The van der Waals surface area contributed by atoms with E-state index in [1.807, 2.05) is 13.0 Å². The van der Waals surface area contributed by atoms with Crippen LogP contribution in [0.2, 0.25) is 0 Å². The summed E-state index contributed by atoms with van der Waals surface area (Å²) in [6, 6.07) is 5.44. The maximum atomic E-state index is 5.07. The van der Waals surface area contributed by atoms with Gasteiger partial charge in [-0.2, -0.15) is 0 Å². The molecule has 0 atom stereocenters. The van der Waals surface area contributed by atoms with Crippen molar-refractivity contribution in [3.05, 3.63) is 29.7 Å². The van der Waals surface area contributed by atoms with Crippen LogP contribution in [0.4, 0.5) is 5.82 Å². The van der Waals surface area contributed by atoms with E-state index in [-0.39, 0.29) is 0 Å². The number of nitrogens with zero attached hydrogens (tertiary/aromatic N) is 6. The summed E-state index contributed by atoms with van der Waals surface area (Å²) in [5.74, 6) is 1.42. The molecule has 0 spiro atoms. The van der Waals surface area contributed by atoms with Gasteiger partial charge >= 0.3 is 0 Å². The van der Waals surface area contributed by atoms with Gasteiger partial charge in [0.15, 0.2) is 11.4 Å². The summed E-state index contributed by atoms with van der Waals surface area (Å²) < 4.78 is 6.43. The quantitative estimate of drug-likeness (QED) is 0.698. The number of aromatic nitrogens is 6. The largest absolute Gasteiger partial charge is 0.361 e. The van der Waals surface area contributed by atoms with Gasteiger partial charge in [-0.15, -0.1) is 14.8 Å². The van der Waals surface area contributed by atoms with Crippen molar-refractivity contribution in [1.29, 1.82) is 0 Å². The number of aryl methyl sites for hydroxylation is 1. The average Bonchev–Trinajstić information content (AvgIpc) is 2.94. The van der Waals surface area contributed by atoms with Crippen molar-refractivity contribution in [2.75, 3.05) is 5.32 Å². The summed E-state index contributed by atoms with van der Waals surface area (Å²) in [5.41, 5.74) is 1.46. The van der Waals surface area contributed by atoms with Gasteiger partial charge in [0.2, 0.25) is 0 Å². The number of tetrazole rings is 1. The topological polar surface area (TPSA) is 94.0 Å². The van der Waals surface area contributed by atoms with Crippen molar-refractivity contribution in [3.8, 4) is 0 Å². The van der Waals surface area contributed by atoms with E-state index in [0.29, 0.717) is 18.0 Å². The van der Waals surface area contributed by atoms with Crippen LogP contribution < -0.4 is 5.32 Å². The van der Waals surface area contributed by atoms with Crippen LogP contribution in [0.3, 0.4) is 0 Å². The molecular weight excluding hydrogens is 222 g/mol. The van der Waals surface area contributed by atoms with Crippen molar-refractivity contribution >= 4 is 11.5 Å². The lowest BCUT2D eigenvalue weighted by Gasteiger charge is -2.01. The smallest absolute Gasteiger partial charge is 0.200 e. The molecule has 3 aromatic heterocycles. The molecule has 0 aliphatic heterocycles. The molecule has 0 unspecified atom stereocenters. The number of hydrogen-bond acceptors (Lipinski definition) is 7. The van der Waals surface area contributed by atoms with Gasteiger partial charge in [0, 0.05) is 6.07 Å². The van der Waals surface area contributed by atoms with Gasteiger partial charge in [0.05, 0.1) is 12.2 Å². The van der Waals surface area contributed by atoms with Crippen LogP contribution in [-0.2, 0) is 6.54 Å². The molecule has 17 heavy (non-hydrogen) atoms. The van der Waals surface area contributed by atoms with E-state index >= 15 is 0 Å². The van der Waals surface area contributed by atoms with Crippen molar-refractivity contribution in [3.63, 3.8) is 0 Å². The highest BCUT2D eigenvalue weighted by molar-refractivity contribution is 5.42. The number of rotatable bonds is 3. The maximum Gasteiger partial charge on any atom is 0.200 e. The maximum absolute atomic E-state index is 5.07. The zero-order chi connectivity index (χ0) is 11.7. The molecule has 86 valence electrons. The SMILES string of the molecule is Cc1cc(CNc2ccc3nnnn3n2)on1. The fourth-order valence-electron chi connectivity index (χ4n) is 1.42. The summed E-state index contributed by atoms with van der Waals surface area (Å²) >= 11 is 0. The molecule has 0 bridgehead atoms. The summed E-state index contributed by atoms with van der Waals surface area (Å²) in [5, 5.41) is 22.0. The van der Waals surface area contributed by atoms with Crippen LogP contribution in [0.25, 0.3) is 5.65 Å². The molecule has 3 rings (SSSR count). The second-order valence-electron chi connectivity index (χ2n) is 3.53. The van der Waals surface area contributed by atoms with E-state index in [2.05, 4.69) is 31.1 Å². The molecule has 3 aromatic rings. The van der Waals surface area contributed by atoms with E-state index in [1.54, 1.807) is 12.1 Å². The lowest BCUT2D eigenvalue weighted by atomic mass is 10.4. The molecule has 0 aliphatic rings. The molecule has 0 radical (unpaired) electrons. The van der Waals surface area contributed by atoms with Crippen molar-refractivity contribution in [1.82, 2.24) is 30.4 Å². The van der Waals surface area contributed by atoms with Gasteiger partial charge in [-0.05, 0) is 29.5 Å². The Morgan fingerprint density at radius 3 is 3.18 bits per heavy atom. The normalized spacial score (nSPS) is 10.9. The summed E-state index contributed by atoms with van der Waals surface area (Å²) in [6.07, 6.45) is 0. The fourth-order valence-corrected chi connectivity index (χ4v) is 1.42. The Labute approximate surface area is 95.6 Å². The molecule has 0 saturated carbocycles. The average molecular weight is 231 g/mol. The minimum atomic E-state index is 0.515. The van der Waals surface area contributed by atoms with Crippen molar-refractivity contribution in [2.24, 2.45) is 0 Å². The Morgan fingerprint density at radius 2 is 2.35 bits per heavy atom. The standard InChI is InChI=1S/C9H9N7O/c1-6-4-7(17-13-6)5-10-8-2-3-9-11-14-15-16(9)12-8/h2-4H,5H2,1H3,(H,10,12). The van der Waals surface area contributed by atoms with Gasteiger partial charge in [0.25, 0.3) is 0 Å². The lowest BCUT2D eigenvalue weighted by molar-refractivity contribution is 0.384. The lowest BCUT2D eigenvalue weighted by Crippen LogP contribution is -2.04. The Hall–Kier alpha value is -2.51. The summed E-state index contributed by atoms with van der Waals surface area (Å²) in [6.45, 7) is 2.39. The molecule has 1 N–H and O–H groups in total. The highest BCUT2D eigenvalue weighted by Crippen LogP contribution is 2.07. The van der Waals surface area contributed by atoms with Crippen LogP contribution in [0.5, 0.6) is 0 Å². The highest BCUT2D eigenvalue weighted by atomic mass is 16.5. The first-order chi connectivity index (χ1) is 8.31. The number of nitrogens with one attached hydrogen (secondary N) is 1. The van der Waals surface area contributed by atoms with Gasteiger partial charge in [0.1, 0.15) is 5.82 Å². The predicted octanol–water partition coefficient (Wildman–Crippen LogP) is 0.428. The van der Waals surface area contributed by atoms with E-state index in [0.717, 1.165) is 11.5 Å². The number of anilines is 1. The van der Waals surface area contributed by atoms with Crippen molar-refractivity contribution < 1.29 is 4.52 Å². The molecule has 0 aromatic carbocycles. The third-order valence-electron chi connectivity index (χ3n) is 2.19. The van der Waals surface area contributed by atoms with E-state index in [4.69, 9.17) is 4.52 Å². The van der Waals surface area contributed by atoms with Crippen LogP contribution in [0.1, 0.15) is 11.5 Å². The highest BCUT2D eigenvalue weighted by Gasteiger charge is 2.03. The van der Waals surface area contributed by atoms with Gasteiger partial charge in [-0.3, -0.25) is 0 Å². The van der Waals surface area contributed by atoms with Crippen LogP contribution >= 0.6 is 0 Å². The zero-order valence-electron chi connectivity index (χ0n) is 9.03. The van der Waals surface area contributed by atoms with Gasteiger partial charge < -0.3 is 9.84 Å².